The van der Waals surface area contributed by atoms with E-state index in [-0.39, 0.29) is 6.42 Å². The number of unbranched alkanes of at least 4 members (excludes halogenated alkanes) is 9. The fraction of sp³-hybridized carbons (Fsp3) is 0.722. The van der Waals surface area contributed by atoms with Gasteiger partial charge >= 0.3 is 0 Å². The fourth-order valence-electron chi connectivity index (χ4n) is 3.00. The fourth-order valence-corrected chi connectivity index (χ4v) is 3.98. The van der Waals surface area contributed by atoms with E-state index in [1.807, 2.05) is 0 Å². The SMILES string of the molecule is CCCCCCCCCCCCC1(S(=O)(=O)O)C=CC=CC1=O. The first-order chi connectivity index (χ1) is 10.9. The number of hydrogen-bond acceptors (Lipinski definition) is 3. The molecule has 1 aliphatic carbocycles. The average molecular weight is 343 g/mol. The van der Waals surface area contributed by atoms with Crippen molar-refractivity contribution in [2.45, 2.75) is 82.3 Å². The Hall–Kier alpha value is -0.940. The molecule has 0 amide bonds. The van der Waals surface area contributed by atoms with E-state index in [1.54, 1.807) is 0 Å². The smallest absolute Gasteiger partial charge is 0.281 e. The van der Waals surface area contributed by atoms with Crippen LogP contribution in [-0.4, -0.2) is 23.5 Å². The molecule has 0 aromatic heterocycles. The zero-order valence-electron chi connectivity index (χ0n) is 14.2. The lowest BCUT2D eigenvalue weighted by atomic mass is 9.92. The van der Waals surface area contributed by atoms with Gasteiger partial charge in [0.15, 0.2) is 10.5 Å². The van der Waals surface area contributed by atoms with E-state index in [0.717, 1.165) is 19.3 Å². The van der Waals surface area contributed by atoms with Crippen LogP contribution in [0, 0.1) is 0 Å². The van der Waals surface area contributed by atoms with Crippen LogP contribution >= 0.6 is 0 Å². The maximum atomic E-state index is 12.0. The maximum Gasteiger partial charge on any atom is 0.281 e. The van der Waals surface area contributed by atoms with E-state index in [0.29, 0.717) is 6.42 Å². The minimum atomic E-state index is -4.43. The zero-order chi connectivity index (χ0) is 17.2. The first-order valence-corrected chi connectivity index (χ1v) is 10.3. The van der Waals surface area contributed by atoms with Gasteiger partial charge in [0.1, 0.15) is 0 Å². The summed E-state index contributed by atoms with van der Waals surface area (Å²) in [6.45, 7) is 2.21. The van der Waals surface area contributed by atoms with E-state index in [1.165, 1.54) is 62.8 Å². The van der Waals surface area contributed by atoms with Crippen LogP contribution in [-0.2, 0) is 14.9 Å². The van der Waals surface area contributed by atoms with E-state index in [9.17, 15) is 17.8 Å². The Morgan fingerprint density at radius 3 is 1.91 bits per heavy atom. The quantitative estimate of drug-likeness (QED) is 0.415. The van der Waals surface area contributed by atoms with Crippen LogP contribution < -0.4 is 0 Å². The molecule has 0 radical (unpaired) electrons. The Morgan fingerprint density at radius 2 is 1.43 bits per heavy atom. The van der Waals surface area contributed by atoms with Crippen molar-refractivity contribution in [3.8, 4) is 0 Å². The first-order valence-electron chi connectivity index (χ1n) is 8.81. The molecule has 0 aromatic rings. The summed E-state index contributed by atoms with van der Waals surface area (Å²) in [5.74, 6) is -0.543. The lowest BCUT2D eigenvalue weighted by molar-refractivity contribution is -0.116. The van der Waals surface area contributed by atoms with E-state index in [2.05, 4.69) is 6.92 Å². The van der Waals surface area contributed by atoms with Gasteiger partial charge < -0.3 is 0 Å². The van der Waals surface area contributed by atoms with Crippen molar-refractivity contribution in [3.05, 3.63) is 24.3 Å². The van der Waals surface area contributed by atoms with Gasteiger partial charge in [-0.1, -0.05) is 89.4 Å². The highest BCUT2D eigenvalue weighted by atomic mass is 32.2. The average Bonchev–Trinajstić information content (AvgIpc) is 2.50. The van der Waals surface area contributed by atoms with Crippen LogP contribution in [0.15, 0.2) is 24.3 Å². The minimum Gasteiger partial charge on any atom is -0.293 e. The van der Waals surface area contributed by atoms with Crippen LogP contribution in [0.2, 0.25) is 0 Å². The molecule has 0 bridgehead atoms. The molecule has 0 fully saturated rings. The van der Waals surface area contributed by atoms with Crippen molar-refractivity contribution in [2.24, 2.45) is 0 Å². The van der Waals surface area contributed by atoms with E-state index in [4.69, 9.17) is 0 Å². The molecule has 1 unspecified atom stereocenters. The molecule has 23 heavy (non-hydrogen) atoms. The number of hydrogen-bond donors (Lipinski definition) is 1. The second kappa shape index (κ2) is 10.0. The van der Waals surface area contributed by atoms with Gasteiger partial charge in [0.2, 0.25) is 0 Å². The van der Waals surface area contributed by atoms with Crippen molar-refractivity contribution < 1.29 is 17.8 Å². The van der Waals surface area contributed by atoms with Crippen LogP contribution in [0.5, 0.6) is 0 Å². The molecule has 0 heterocycles. The van der Waals surface area contributed by atoms with Gasteiger partial charge in [0, 0.05) is 0 Å². The van der Waals surface area contributed by atoms with Crippen molar-refractivity contribution in [1.82, 2.24) is 0 Å². The van der Waals surface area contributed by atoms with Crippen molar-refractivity contribution in [1.29, 1.82) is 0 Å². The molecule has 0 aliphatic heterocycles. The molecule has 1 rings (SSSR count). The van der Waals surface area contributed by atoms with Crippen molar-refractivity contribution in [2.75, 3.05) is 0 Å². The molecule has 0 saturated heterocycles. The van der Waals surface area contributed by atoms with Gasteiger partial charge in [0.25, 0.3) is 10.1 Å². The van der Waals surface area contributed by atoms with Crippen LogP contribution in [0.3, 0.4) is 0 Å². The largest absolute Gasteiger partial charge is 0.293 e. The topological polar surface area (TPSA) is 71.4 Å². The highest BCUT2D eigenvalue weighted by Gasteiger charge is 2.46. The monoisotopic (exact) mass is 342 g/mol. The van der Waals surface area contributed by atoms with Gasteiger partial charge in [-0.05, 0) is 12.5 Å². The molecular weight excluding hydrogens is 312 g/mol. The van der Waals surface area contributed by atoms with E-state index < -0.39 is 20.6 Å². The zero-order valence-corrected chi connectivity index (χ0v) is 15.0. The second-order valence-electron chi connectivity index (χ2n) is 6.38. The molecule has 1 aliphatic rings. The number of carbonyl (C=O) groups excluding carboxylic acids is 1. The Bertz CT molecular complexity index is 519. The molecule has 1 atom stereocenters. The molecule has 4 nitrogen and oxygen atoms in total. The summed E-state index contributed by atoms with van der Waals surface area (Å²) in [4.78, 5) is 12.0. The maximum absolute atomic E-state index is 12.0. The Balaban J connectivity index is 2.27. The number of rotatable bonds is 12. The highest BCUT2D eigenvalue weighted by molar-refractivity contribution is 7.88. The highest BCUT2D eigenvalue weighted by Crippen LogP contribution is 2.30. The van der Waals surface area contributed by atoms with Crippen LogP contribution in [0.4, 0.5) is 0 Å². The number of allylic oxidation sites excluding steroid dienone is 3. The second-order valence-corrected chi connectivity index (χ2v) is 8.06. The minimum absolute atomic E-state index is 0.155. The standard InChI is InChI=1S/C18H30O4S/c1-2-3-4-5-6-7-8-9-10-12-15-18(23(20,21)22)16-13-11-14-17(18)19/h11,13-14,16H,2-10,12,15H2,1H3,(H,20,21,22). The summed E-state index contributed by atoms with van der Waals surface area (Å²) >= 11 is 0. The van der Waals surface area contributed by atoms with Gasteiger partial charge in [0.05, 0.1) is 0 Å². The van der Waals surface area contributed by atoms with E-state index >= 15 is 0 Å². The van der Waals surface area contributed by atoms with Crippen molar-refractivity contribution in [3.63, 3.8) is 0 Å². The van der Waals surface area contributed by atoms with Crippen LogP contribution in [0.25, 0.3) is 0 Å². The predicted octanol–water partition coefficient (Wildman–Crippen LogP) is 4.62. The Morgan fingerprint density at radius 1 is 0.913 bits per heavy atom. The summed E-state index contributed by atoms with van der Waals surface area (Å²) in [6, 6.07) is 0. The summed E-state index contributed by atoms with van der Waals surface area (Å²) in [5, 5.41) is 0. The molecule has 0 saturated carbocycles. The summed E-state index contributed by atoms with van der Waals surface area (Å²) in [7, 11) is -4.43. The summed E-state index contributed by atoms with van der Waals surface area (Å²) < 4.78 is 31.0. The molecular formula is C18H30O4S. The number of carbonyl (C=O) groups is 1. The third-order valence-electron chi connectivity index (χ3n) is 4.50. The third kappa shape index (κ3) is 6.22. The first kappa shape index (κ1) is 20.1. The van der Waals surface area contributed by atoms with Gasteiger partial charge in [-0.3, -0.25) is 9.35 Å². The van der Waals surface area contributed by atoms with Crippen LogP contribution in [0.1, 0.15) is 77.6 Å². The Kier molecular flexibility index (Phi) is 8.77. The molecule has 1 N–H and O–H groups in total. The molecule has 0 aromatic carbocycles. The predicted molar refractivity (Wildman–Crippen MR) is 94.0 cm³/mol. The molecule has 132 valence electrons. The third-order valence-corrected chi connectivity index (χ3v) is 5.97. The lowest BCUT2D eigenvalue weighted by Crippen LogP contribution is -2.44. The Labute approximate surface area is 140 Å². The normalized spacial score (nSPS) is 21.0. The summed E-state index contributed by atoms with van der Waals surface area (Å²) in [6.07, 6.45) is 17.1. The lowest BCUT2D eigenvalue weighted by Gasteiger charge is -2.26. The summed E-state index contributed by atoms with van der Waals surface area (Å²) in [5.41, 5.74) is 0. The molecule has 5 heteroatoms. The van der Waals surface area contributed by atoms with Gasteiger partial charge in [-0.15, -0.1) is 0 Å². The van der Waals surface area contributed by atoms with Gasteiger partial charge in [-0.2, -0.15) is 8.42 Å². The van der Waals surface area contributed by atoms with Crippen molar-refractivity contribution >= 4 is 15.9 Å². The van der Waals surface area contributed by atoms with Gasteiger partial charge in [-0.25, -0.2) is 0 Å². The molecule has 0 spiro atoms. The number of ketones is 1.